The number of hydrogen-bond donors (Lipinski definition) is 1. The number of nitro groups is 1. The first-order valence-corrected chi connectivity index (χ1v) is 7.80. The Morgan fingerprint density at radius 2 is 1.96 bits per heavy atom. The minimum Gasteiger partial charge on any atom is -0.496 e. The number of nitrogens with zero attached hydrogens (tertiary/aromatic N) is 1. The normalized spacial score (nSPS) is 10.1. The van der Waals surface area contributed by atoms with Crippen molar-refractivity contribution in [2.45, 2.75) is 6.54 Å². The molecule has 1 N–H and O–H groups in total. The third-order valence-electron chi connectivity index (χ3n) is 3.39. The lowest BCUT2D eigenvalue weighted by Gasteiger charge is -2.10. The van der Waals surface area contributed by atoms with Crippen LogP contribution in [0, 0.1) is 10.1 Å². The van der Waals surface area contributed by atoms with Gasteiger partial charge in [-0.05, 0) is 12.1 Å². The maximum atomic E-state index is 11.9. The van der Waals surface area contributed by atoms with Gasteiger partial charge in [0.1, 0.15) is 5.75 Å². The van der Waals surface area contributed by atoms with E-state index in [0.717, 1.165) is 17.7 Å². The molecule has 0 saturated carbocycles. The van der Waals surface area contributed by atoms with Crippen LogP contribution in [0.15, 0.2) is 42.5 Å². The zero-order valence-electron chi connectivity index (χ0n) is 13.7. The number of ether oxygens (including phenoxy) is 2. The quantitative estimate of drug-likeness (QED) is 0.451. The van der Waals surface area contributed by atoms with E-state index in [4.69, 9.17) is 21.1 Å². The number of carbonyl (C=O) groups is 2. The Balaban J connectivity index is 1.89. The fraction of sp³-hybridized carbons (Fsp3) is 0.176. The Morgan fingerprint density at radius 3 is 2.62 bits per heavy atom. The van der Waals surface area contributed by atoms with Crippen LogP contribution in [0.25, 0.3) is 0 Å². The van der Waals surface area contributed by atoms with Gasteiger partial charge in [0.25, 0.3) is 11.6 Å². The highest BCUT2D eigenvalue weighted by Gasteiger charge is 2.17. The first-order chi connectivity index (χ1) is 12.4. The van der Waals surface area contributed by atoms with Gasteiger partial charge in [0.05, 0.1) is 22.6 Å². The van der Waals surface area contributed by atoms with Gasteiger partial charge in [-0.15, -0.1) is 0 Å². The van der Waals surface area contributed by atoms with Crippen LogP contribution in [-0.4, -0.2) is 30.5 Å². The monoisotopic (exact) mass is 378 g/mol. The average molecular weight is 379 g/mol. The summed E-state index contributed by atoms with van der Waals surface area (Å²) in [5.41, 5.74) is 0.462. The van der Waals surface area contributed by atoms with Crippen LogP contribution in [0.1, 0.15) is 15.9 Å². The molecule has 9 heteroatoms. The second-order valence-electron chi connectivity index (χ2n) is 5.09. The summed E-state index contributed by atoms with van der Waals surface area (Å²) in [5, 5.41) is 13.1. The fourth-order valence-corrected chi connectivity index (χ4v) is 2.34. The molecule has 0 aliphatic carbocycles. The van der Waals surface area contributed by atoms with Gasteiger partial charge >= 0.3 is 5.97 Å². The molecule has 0 saturated heterocycles. The number of esters is 1. The predicted molar refractivity (Wildman–Crippen MR) is 93.2 cm³/mol. The molecule has 2 aromatic carbocycles. The summed E-state index contributed by atoms with van der Waals surface area (Å²) in [4.78, 5) is 33.8. The van der Waals surface area contributed by atoms with Crippen LogP contribution in [-0.2, 0) is 16.1 Å². The number of methoxy groups -OCH3 is 1. The maximum Gasteiger partial charge on any atom is 0.340 e. The molecule has 0 aliphatic heterocycles. The van der Waals surface area contributed by atoms with Crippen LogP contribution in [0.2, 0.25) is 5.02 Å². The molecule has 0 aliphatic rings. The van der Waals surface area contributed by atoms with Crippen molar-refractivity contribution >= 4 is 29.2 Å². The molecule has 136 valence electrons. The zero-order chi connectivity index (χ0) is 19.1. The summed E-state index contributed by atoms with van der Waals surface area (Å²) in [7, 11) is 1.52. The fourth-order valence-electron chi connectivity index (χ4n) is 2.09. The van der Waals surface area contributed by atoms with Crippen molar-refractivity contribution in [3.8, 4) is 5.75 Å². The van der Waals surface area contributed by atoms with E-state index in [-0.39, 0.29) is 22.8 Å². The van der Waals surface area contributed by atoms with Crippen molar-refractivity contribution in [2.24, 2.45) is 0 Å². The van der Waals surface area contributed by atoms with Gasteiger partial charge in [-0.25, -0.2) is 4.79 Å². The molecule has 0 unspecified atom stereocenters. The Kier molecular flexibility index (Phi) is 6.51. The largest absolute Gasteiger partial charge is 0.496 e. The summed E-state index contributed by atoms with van der Waals surface area (Å²) in [5.74, 6) is -0.734. The molecule has 1 amide bonds. The molecule has 2 rings (SSSR count). The molecule has 2 aromatic rings. The number of halogens is 1. The minimum absolute atomic E-state index is 0.0604. The van der Waals surface area contributed by atoms with E-state index in [1.807, 2.05) is 0 Å². The highest BCUT2D eigenvalue weighted by atomic mass is 35.5. The molecular weight excluding hydrogens is 364 g/mol. The van der Waals surface area contributed by atoms with Gasteiger partial charge in [0, 0.05) is 24.2 Å². The van der Waals surface area contributed by atoms with Crippen molar-refractivity contribution in [3.05, 3.63) is 68.7 Å². The van der Waals surface area contributed by atoms with Crippen molar-refractivity contribution in [1.82, 2.24) is 5.32 Å². The van der Waals surface area contributed by atoms with Crippen molar-refractivity contribution < 1.29 is 24.0 Å². The third-order valence-corrected chi connectivity index (χ3v) is 3.70. The summed E-state index contributed by atoms with van der Waals surface area (Å²) in [6.07, 6.45) is 0. The van der Waals surface area contributed by atoms with Gasteiger partial charge in [-0.3, -0.25) is 14.9 Å². The molecule has 8 nitrogen and oxygen atoms in total. The zero-order valence-corrected chi connectivity index (χ0v) is 14.5. The highest BCUT2D eigenvalue weighted by molar-refractivity contribution is 6.33. The Hall–Kier alpha value is -3.13. The van der Waals surface area contributed by atoms with E-state index in [2.05, 4.69) is 5.32 Å². The lowest BCUT2D eigenvalue weighted by atomic mass is 10.2. The molecule has 26 heavy (non-hydrogen) atoms. The molecule has 0 atom stereocenters. The van der Waals surface area contributed by atoms with Crippen molar-refractivity contribution in [2.75, 3.05) is 13.7 Å². The number of para-hydroxylation sites is 1. The third kappa shape index (κ3) is 4.93. The van der Waals surface area contributed by atoms with E-state index in [9.17, 15) is 19.7 Å². The van der Waals surface area contributed by atoms with Gasteiger partial charge in [0.15, 0.2) is 6.61 Å². The van der Waals surface area contributed by atoms with Gasteiger partial charge in [-0.1, -0.05) is 29.8 Å². The molecular formula is C17H15ClN2O6. The van der Waals surface area contributed by atoms with Gasteiger partial charge < -0.3 is 14.8 Å². The Bertz CT molecular complexity index is 840. The van der Waals surface area contributed by atoms with Crippen LogP contribution in [0.5, 0.6) is 5.75 Å². The molecule has 0 heterocycles. The first-order valence-electron chi connectivity index (χ1n) is 7.42. The second-order valence-corrected chi connectivity index (χ2v) is 5.49. The standard InChI is InChI=1S/C17H15ClN2O6/c1-25-15-5-3-2-4-11(15)9-19-16(21)10-26-17(22)13-7-6-12(20(23)24)8-14(13)18/h2-8H,9-10H2,1H3,(H,19,21). The minimum atomic E-state index is -0.850. The van der Waals surface area contributed by atoms with Crippen molar-refractivity contribution in [1.29, 1.82) is 0 Å². The number of carbonyl (C=O) groups excluding carboxylic acids is 2. The smallest absolute Gasteiger partial charge is 0.340 e. The summed E-state index contributed by atoms with van der Waals surface area (Å²) in [6, 6.07) is 10.5. The lowest BCUT2D eigenvalue weighted by molar-refractivity contribution is -0.384. The second kappa shape index (κ2) is 8.82. The van der Waals surface area contributed by atoms with E-state index >= 15 is 0 Å². The van der Waals surface area contributed by atoms with Crippen LogP contribution >= 0.6 is 11.6 Å². The van der Waals surface area contributed by atoms with Crippen LogP contribution in [0.4, 0.5) is 5.69 Å². The number of amides is 1. The van der Waals surface area contributed by atoms with E-state index < -0.39 is 23.4 Å². The Morgan fingerprint density at radius 1 is 1.23 bits per heavy atom. The van der Waals surface area contributed by atoms with E-state index in [0.29, 0.717) is 5.75 Å². The van der Waals surface area contributed by atoms with Crippen molar-refractivity contribution in [3.63, 3.8) is 0 Å². The van der Waals surface area contributed by atoms with Gasteiger partial charge in [0.2, 0.25) is 0 Å². The predicted octanol–water partition coefficient (Wildman–Crippen LogP) is 2.73. The summed E-state index contributed by atoms with van der Waals surface area (Å²) >= 11 is 5.84. The Labute approximate surface area is 153 Å². The number of non-ortho nitro benzene ring substituents is 1. The molecule has 0 aromatic heterocycles. The number of benzene rings is 2. The summed E-state index contributed by atoms with van der Waals surface area (Å²) in [6.45, 7) is -0.306. The maximum absolute atomic E-state index is 11.9. The number of hydrogen-bond acceptors (Lipinski definition) is 6. The summed E-state index contributed by atoms with van der Waals surface area (Å²) < 4.78 is 10.1. The molecule has 0 radical (unpaired) electrons. The molecule has 0 fully saturated rings. The molecule has 0 spiro atoms. The number of rotatable bonds is 7. The lowest BCUT2D eigenvalue weighted by Crippen LogP contribution is -2.28. The van der Waals surface area contributed by atoms with Crippen LogP contribution < -0.4 is 10.1 Å². The number of nitrogens with one attached hydrogen (secondary N) is 1. The first kappa shape index (κ1) is 19.2. The van der Waals surface area contributed by atoms with E-state index in [1.54, 1.807) is 24.3 Å². The SMILES string of the molecule is COc1ccccc1CNC(=O)COC(=O)c1ccc([N+](=O)[O-])cc1Cl. The van der Waals surface area contributed by atoms with Crippen LogP contribution in [0.3, 0.4) is 0 Å². The topological polar surface area (TPSA) is 108 Å². The van der Waals surface area contributed by atoms with E-state index in [1.165, 1.54) is 13.2 Å². The average Bonchev–Trinajstić information content (AvgIpc) is 2.64. The molecule has 0 bridgehead atoms. The highest BCUT2D eigenvalue weighted by Crippen LogP contribution is 2.23. The van der Waals surface area contributed by atoms with Gasteiger partial charge in [-0.2, -0.15) is 0 Å². The number of nitro benzene ring substituents is 1.